The van der Waals surface area contributed by atoms with Crippen molar-refractivity contribution in [3.63, 3.8) is 0 Å². The molecule has 0 N–H and O–H groups in total. The molecule has 1 fully saturated rings. The van der Waals surface area contributed by atoms with Crippen molar-refractivity contribution in [2.75, 3.05) is 13.2 Å². The van der Waals surface area contributed by atoms with Crippen LogP contribution in [0.25, 0.3) is 0 Å². The lowest BCUT2D eigenvalue weighted by molar-refractivity contribution is -0.129. The molecule has 1 aliphatic rings. The van der Waals surface area contributed by atoms with E-state index in [0.29, 0.717) is 19.6 Å². The quantitative estimate of drug-likeness (QED) is 0.794. The highest BCUT2D eigenvalue weighted by Gasteiger charge is 2.31. The van der Waals surface area contributed by atoms with Crippen molar-refractivity contribution < 1.29 is 9.53 Å². The summed E-state index contributed by atoms with van der Waals surface area (Å²) in [5.74, 6) is 1.04. The lowest BCUT2D eigenvalue weighted by Gasteiger charge is -2.25. The molecule has 1 heterocycles. The van der Waals surface area contributed by atoms with E-state index in [4.69, 9.17) is 16.3 Å². The Labute approximate surface area is 119 Å². The molecule has 3 nitrogen and oxygen atoms in total. The molecule has 4 heteroatoms. The van der Waals surface area contributed by atoms with Crippen molar-refractivity contribution in [2.24, 2.45) is 0 Å². The Balaban J connectivity index is 1.97. The third-order valence-electron chi connectivity index (χ3n) is 3.52. The molecule has 1 saturated heterocycles. The van der Waals surface area contributed by atoms with Gasteiger partial charge >= 0.3 is 0 Å². The molecule has 2 unspecified atom stereocenters. The van der Waals surface area contributed by atoms with Gasteiger partial charge in [0.1, 0.15) is 12.4 Å². The summed E-state index contributed by atoms with van der Waals surface area (Å²) in [6.45, 7) is 7.19. The molecule has 1 aromatic carbocycles. The smallest absolute Gasteiger partial charge is 0.224 e. The number of carbonyl (C=O) groups excluding carboxylic acids is 1. The number of rotatable bonds is 4. The summed E-state index contributed by atoms with van der Waals surface area (Å²) in [6.07, 6.45) is 0.440. The van der Waals surface area contributed by atoms with Crippen LogP contribution in [0.2, 0.25) is 0 Å². The number of hydrogen-bond donors (Lipinski definition) is 0. The van der Waals surface area contributed by atoms with Gasteiger partial charge in [-0.1, -0.05) is 18.2 Å². The van der Waals surface area contributed by atoms with Crippen LogP contribution in [0.15, 0.2) is 18.2 Å². The highest BCUT2D eigenvalue weighted by atomic mass is 35.5. The average molecular weight is 282 g/mol. The van der Waals surface area contributed by atoms with Gasteiger partial charge in [0.25, 0.3) is 0 Å². The van der Waals surface area contributed by atoms with E-state index < -0.39 is 0 Å². The van der Waals surface area contributed by atoms with Crippen LogP contribution in [0.5, 0.6) is 5.75 Å². The zero-order valence-corrected chi connectivity index (χ0v) is 12.4. The molecule has 1 aromatic rings. The van der Waals surface area contributed by atoms with E-state index >= 15 is 0 Å². The molecule has 1 aliphatic heterocycles. The molecule has 0 radical (unpaired) electrons. The summed E-state index contributed by atoms with van der Waals surface area (Å²) >= 11 is 6.01. The van der Waals surface area contributed by atoms with Gasteiger partial charge in [-0.25, -0.2) is 0 Å². The molecule has 0 aromatic heterocycles. The fourth-order valence-corrected chi connectivity index (χ4v) is 2.71. The first-order chi connectivity index (χ1) is 8.99. The number of halogens is 1. The lowest BCUT2D eigenvalue weighted by Crippen LogP contribution is -2.38. The Hall–Kier alpha value is -1.22. The summed E-state index contributed by atoms with van der Waals surface area (Å²) in [5.41, 5.74) is 2.24. The number of para-hydroxylation sites is 1. The summed E-state index contributed by atoms with van der Waals surface area (Å²) < 4.78 is 5.89. The minimum absolute atomic E-state index is 0.0512. The van der Waals surface area contributed by atoms with E-state index in [1.165, 1.54) is 0 Å². The molecule has 19 heavy (non-hydrogen) atoms. The molecular weight excluding hydrogens is 262 g/mol. The van der Waals surface area contributed by atoms with Gasteiger partial charge in [0.2, 0.25) is 5.91 Å². The lowest BCUT2D eigenvalue weighted by atomic mass is 10.1. The molecule has 0 bridgehead atoms. The van der Waals surface area contributed by atoms with Gasteiger partial charge in [-0.05, 0) is 31.9 Å². The van der Waals surface area contributed by atoms with Crippen LogP contribution < -0.4 is 4.74 Å². The van der Waals surface area contributed by atoms with E-state index in [1.807, 2.05) is 43.9 Å². The topological polar surface area (TPSA) is 29.5 Å². The largest absolute Gasteiger partial charge is 0.491 e. The predicted molar refractivity (Wildman–Crippen MR) is 76.8 cm³/mol. The van der Waals surface area contributed by atoms with Crippen LogP contribution in [-0.2, 0) is 4.79 Å². The van der Waals surface area contributed by atoms with Crippen LogP contribution in [0.4, 0.5) is 0 Å². The van der Waals surface area contributed by atoms with E-state index in [2.05, 4.69) is 0 Å². The highest BCUT2D eigenvalue weighted by Crippen LogP contribution is 2.24. The summed E-state index contributed by atoms with van der Waals surface area (Å²) in [6, 6.07) is 6.13. The van der Waals surface area contributed by atoms with Gasteiger partial charge in [0.05, 0.1) is 11.4 Å². The first-order valence-corrected chi connectivity index (χ1v) is 7.05. The molecule has 0 aliphatic carbocycles. The number of carbonyl (C=O) groups is 1. The number of aryl methyl sites for hydroxylation is 2. The summed E-state index contributed by atoms with van der Waals surface area (Å²) in [5, 5.41) is -0.0600. The number of benzene rings is 1. The van der Waals surface area contributed by atoms with Gasteiger partial charge in [-0.15, -0.1) is 11.6 Å². The molecule has 2 rings (SSSR count). The fourth-order valence-electron chi connectivity index (χ4n) is 2.43. The van der Waals surface area contributed by atoms with E-state index in [1.54, 1.807) is 0 Å². The molecule has 0 spiro atoms. The average Bonchev–Trinajstić information content (AvgIpc) is 2.67. The molecule has 1 amide bonds. The monoisotopic (exact) mass is 281 g/mol. The molecular formula is C15H20ClNO2. The highest BCUT2D eigenvalue weighted by molar-refractivity contribution is 6.22. The third-order valence-corrected chi connectivity index (χ3v) is 3.81. The second-order valence-corrected chi connectivity index (χ2v) is 5.85. The minimum Gasteiger partial charge on any atom is -0.491 e. The summed E-state index contributed by atoms with van der Waals surface area (Å²) in [7, 11) is 0. The Kier molecular flexibility index (Phi) is 4.35. The SMILES string of the molecule is Cc1cccc(C)c1OCC(C)N1CC(Cl)CC1=O. The standard InChI is InChI=1S/C15H20ClNO2/c1-10-5-4-6-11(2)15(10)19-9-12(3)17-8-13(16)7-14(17)18/h4-6,12-13H,7-9H2,1-3H3. The Bertz CT molecular complexity index is 455. The number of hydrogen-bond acceptors (Lipinski definition) is 2. The van der Waals surface area contributed by atoms with Crippen LogP contribution in [0.3, 0.4) is 0 Å². The normalized spacial score (nSPS) is 20.7. The van der Waals surface area contributed by atoms with E-state index in [9.17, 15) is 4.79 Å². The first kappa shape index (κ1) is 14.2. The van der Waals surface area contributed by atoms with Crippen molar-refractivity contribution >= 4 is 17.5 Å². The number of nitrogens with zero attached hydrogens (tertiary/aromatic N) is 1. The van der Waals surface area contributed by atoms with E-state index in [0.717, 1.165) is 16.9 Å². The maximum Gasteiger partial charge on any atom is 0.224 e. The molecule has 2 atom stereocenters. The Morgan fingerprint density at radius 2 is 2.05 bits per heavy atom. The van der Waals surface area contributed by atoms with Crippen LogP contribution >= 0.6 is 11.6 Å². The van der Waals surface area contributed by atoms with Gasteiger partial charge in [-0.2, -0.15) is 0 Å². The number of alkyl halides is 1. The third kappa shape index (κ3) is 3.21. The maximum absolute atomic E-state index is 11.8. The Morgan fingerprint density at radius 3 is 2.58 bits per heavy atom. The Morgan fingerprint density at radius 1 is 1.42 bits per heavy atom. The zero-order valence-electron chi connectivity index (χ0n) is 11.6. The number of likely N-dealkylation sites (tertiary alicyclic amines) is 1. The zero-order chi connectivity index (χ0) is 14.0. The van der Waals surface area contributed by atoms with Gasteiger partial charge in [0.15, 0.2) is 0 Å². The van der Waals surface area contributed by atoms with Crippen molar-refractivity contribution in [1.82, 2.24) is 4.90 Å². The second-order valence-electron chi connectivity index (χ2n) is 5.23. The maximum atomic E-state index is 11.8. The van der Waals surface area contributed by atoms with E-state index in [-0.39, 0.29) is 17.3 Å². The van der Waals surface area contributed by atoms with Crippen LogP contribution in [0, 0.1) is 13.8 Å². The van der Waals surface area contributed by atoms with Crippen molar-refractivity contribution in [3.05, 3.63) is 29.3 Å². The van der Waals surface area contributed by atoms with Gasteiger partial charge < -0.3 is 9.64 Å². The molecule has 0 saturated carbocycles. The van der Waals surface area contributed by atoms with Gasteiger partial charge in [-0.3, -0.25) is 4.79 Å². The van der Waals surface area contributed by atoms with Crippen LogP contribution in [-0.4, -0.2) is 35.4 Å². The fraction of sp³-hybridized carbons (Fsp3) is 0.533. The van der Waals surface area contributed by atoms with Crippen molar-refractivity contribution in [2.45, 2.75) is 38.6 Å². The van der Waals surface area contributed by atoms with Gasteiger partial charge in [0, 0.05) is 13.0 Å². The number of amides is 1. The summed E-state index contributed by atoms with van der Waals surface area (Å²) in [4.78, 5) is 13.6. The number of ether oxygens (including phenoxy) is 1. The second kappa shape index (κ2) is 5.83. The molecule has 104 valence electrons. The van der Waals surface area contributed by atoms with Crippen molar-refractivity contribution in [1.29, 1.82) is 0 Å². The van der Waals surface area contributed by atoms with Crippen molar-refractivity contribution in [3.8, 4) is 5.75 Å². The minimum atomic E-state index is -0.0600. The predicted octanol–water partition coefficient (Wildman–Crippen LogP) is 2.91. The first-order valence-electron chi connectivity index (χ1n) is 6.61. The van der Waals surface area contributed by atoms with Crippen LogP contribution in [0.1, 0.15) is 24.5 Å².